The van der Waals surface area contributed by atoms with E-state index >= 15 is 0 Å². The van der Waals surface area contributed by atoms with Gasteiger partial charge in [0, 0.05) is 13.1 Å². The van der Waals surface area contributed by atoms with Crippen LogP contribution in [-0.2, 0) is 14.8 Å². The number of benzene rings is 1. The van der Waals surface area contributed by atoms with Crippen LogP contribution in [0.2, 0.25) is 0 Å². The number of carbonyl (C=O) groups is 1. The smallest absolute Gasteiger partial charge is 0.224 e. The van der Waals surface area contributed by atoms with Gasteiger partial charge in [0.25, 0.3) is 0 Å². The van der Waals surface area contributed by atoms with Gasteiger partial charge in [-0.25, -0.2) is 12.7 Å². The lowest BCUT2D eigenvalue weighted by Crippen LogP contribution is -2.45. The number of amides is 1. The van der Waals surface area contributed by atoms with Crippen molar-refractivity contribution in [2.24, 2.45) is 5.92 Å². The molecule has 1 N–H and O–H groups in total. The molecule has 22 heavy (non-hydrogen) atoms. The summed E-state index contributed by atoms with van der Waals surface area (Å²) in [7, 11) is -3.22. The van der Waals surface area contributed by atoms with Crippen molar-refractivity contribution in [3.05, 3.63) is 35.4 Å². The SMILES string of the molecule is Cc1ccc([C@H](C)NC(=O)[C@@H]2CCCN(S(C)(=O)=O)C2)cc1. The fourth-order valence-electron chi connectivity index (χ4n) is 2.73. The van der Waals surface area contributed by atoms with Crippen LogP contribution in [-0.4, -0.2) is 38.0 Å². The number of hydrogen-bond acceptors (Lipinski definition) is 3. The molecule has 0 aliphatic carbocycles. The summed E-state index contributed by atoms with van der Waals surface area (Å²) in [5.74, 6) is -0.335. The summed E-state index contributed by atoms with van der Waals surface area (Å²) < 4.78 is 24.6. The fraction of sp³-hybridized carbons (Fsp3) is 0.562. The summed E-state index contributed by atoms with van der Waals surface area (Å²) in [6.07, 6.45) is 2.66. The summed E-state index contributed by atoms with van der Waals surface area (Å²) in [4.78, 5) is 12.4. The van der Waals surface area contributed by atoms with Crippen LogP contribution in [0.1, 0.15) is 36.9 Å². The number of sulfonamides is 1. The highest BCUT2D eigenvalue weighted by Gasteiger charge is 2.30. The van der Waals surface area contributed by atoms with Crippen LogP contribution >= 0.6 is 0 Å². The Kier molecular flexibility index (Phi) is 5.24. The Morgan fingerprint density at radius 2 is 1.95 bits per heavy atom. The van der Waals surface area contributed by atoms with Crippen molar-refractivity contribution in [2.75, 3.05) is 19.3 Å². The van der Waals surface area contributed by atoms with E-state index < -0.39 is 10.0 Å². The molecule has 1 aliphatic rings. The topological polar surface area (TPSA) is 66.5 Å². The molecular formula is C16H24N2O3S. The zero-order valence-corrected chi connectivity index (χ0v) is 14.2. The zero-order chi connectivity index (χ0) is 16.3. The van der Waals surface area contributed by atoms with E-state index in [4.69, 9.17) is 0 Å². The van der Waals surface area contributed by atoms with Crippen LogP contribution in [0, 0.1) is 12.8 Å². The van der Waals surface area contributed by atoms with Gasteiger partial charge in [0.15, 0.2) is 0 Å². The first kappa shape index (κ1) is 17.0. The van der Waals surface area contributed by atoms with Crippen molar-refractivity contribution >= 4 is 15.9 Å². The largest absolute Gasteiger partial charge is 0.349 e. The standard InChI is InChI=1S/C16H24N2O3S/c1-12-6-8-14(9-7-12)13(2)17-16(19)15-5-4-10-18(11-15)22(3,20)21/h6-9,13,15H,4-5,10-11H2,1-3H3,(H,17,19)/t13-,15+/m0/s1. The first-order valence-electron chi connectivity index (χ1n) is 7.59. The van der Waals surface area contributed by atoms with E-state index in [9.17, 15) is 13.2 Å². The first-order valence-corrected chi connectivity index (χ1v) is 9.44. The van der Waals surface area contributed by atoms with Gasteiger partial charge in [0.2, 0.25) is 15.9 Å². The molecular weight excluding hydrogens is 300 g/mol. The monoisotopic (exact) mass is 324 g/mol. The quantitative estimate of drug-likeness (QED) is 0.919. The number of hydrogen-bond donors (Lipinski definition) is 1. The molecule has 1 aliphatic heterocycles. The third-order valence-electron chi connectivity index (χ3n) is 4.16. The zero-order valence-electron chi connectivity index (χ0n) is 13.4. The molecule has 1 fully saturated rings. The molecule has 0 unspecified atom stereocenters. The van der Waals surface area contributed by atoms with Gasteiger partial charge < -0.3 is 5.32 Å². The molecule has 5 nitrogen and oxygen atoms in total. The summed E-state index contributed by atoms with van der Waals surface area (Å²) in [5, 5.41) is 3.00. The van der Waals surface area contributed by atoms with Crippen LogP contribution in [0.5, 0.6) is 0 Å². The molecule has 0 saturated carbocycles. The van der Waals surface area contributed by atoms with E-state index in [1.54, 1.807) is 0 Å². The molecule has 1 aromatic carbocycles. The van der Waals surface area contributed by atoms with Crippen molar-refractivity contribution in [2.45, 2.75) is 32.7 Å². The molecule has 1 amide bonds. The van der Waals surface area contributed by atoms with E-state index in [1.807, 2.05) is 38.1 Å². The highest BCUT2D eigenvalue weighted by molar-refractivity contribution is 7.88. The number of carbonyl (C=O) groups excluding carboxylic acids is 1. The van der Waals surface area contributed by atoms with Gasteiger partial charge in [-0.2, -0.15) is 0 Å². The molecule has 0 aromatic heterocycles. The third-order valence-corrected chi connectivity index (χ3v) is 5.43. The van der Waals surface area contributed by atoms with Gasteiger partial charge in [-0.15, -0.1) is 0 Å². The minimum Gasteiger partial charge on any atom is -0.349 e. The molecule has 122 valence electrons. The van der Waals surface area contributed by atoms with Crippen LogP contribution in [0.25, 0.3) is 0 Å². The lowest BCUT2D eigenvalue weighted by molar-refractivity contribution is -0.126. The average molecular weight is 324 g/mol. The minimum atomic E-state index is -3.22. The van der Waals surface area contributed by atoms with Crippen LogP contribution in [0.4, 0.5) is 0 Å². The molecule has 0 radical (unpaired) electrons. The molecule has 0 spiro atoms. The second kappa shape index (κ2) is 6.79. The lowest BCUT2D eigenvalue weighted by Gasteiger charge is -2.30. The average Bonchev–Trinajstić information content (AvgIpc) is 2.47. The first-order chi connectivity index (χ1) is 10.3. The van der Waals surface area contributed by atoms with Crippen molar-refractivity contribution < 1.29 is 13.2 Å². The Balaban J connectivity index is 1.98. The Labute approximate surface area is 132 Å². The van der Waals surface area contributed by atoms with Crippen LogP contribution < -0.4 is 5.32 Å². The van der Waals surface area contributed by atoms with Crippen molar-refractivity contribution in [3.8, 4) is 0 Å². The summed E-state index contributed by atoms with van der Waals surface area (Å²) in [5.41, 5.74) is 2.23. The van der Waals surface area contributed by atoms with Crippen molar-refractivity contribution in [1.29, 1.82) is 0 Å². The van der Waals surface area contributed by atoms with Gasteiger partial charge in [-0.05, 0) is 32.3 Å². The molecule has 0 bridgehead atoms. The number of nitrogens with one attached hydrogen (secondary N) is 1. The van der Waals surface area contributed by atoms with E-state index in [2.05, 4.69) is 5.32 Å². The predicted octanol–water partition coefficient (Wildman–Crippen LogP) is 1.84. The molecule has 2 rings (SSSR count). The van der Waals surface area contributed by atoms with E-state index in [-0.39, 0.29) is 24.4 Å². The molecule has 1 aromatic rings. The fourth-order valence-corrected chi connectivity index (χ4v) is 3.64. The van der Waals surface area contributed by atoms with Gasteiger partial charge in [0.1, 0.15) is 0 Å². The van der Waals surface area contributed by atoms with Crippen LogP contribution in [0.15, 0.2) is 24.3 Å². The maximum absolute atomic E-state index is 12.4. The highest BCUT2D eigenvalue weighted by Crippen LogP contribution is 2.20. The second-order valence-corrected chi connectivity index (χ2v) is 8.08. The molecule has 1 heterocycles. The maximum Gasteiger partial charge on any atom is 0.224 e. The van der Waals surface area contributed by atoms with Gasteiger partial charge in [0.05, 0.1) is 18.2 Å². The number of piperidine rings is 1. The molecule has 2 atom stereocenters. The number of aryl methyl sites for hydroxylation is 1. The molecule has 1 saturated heterocycles. The number of rotatable bonds is 4. The maximum atomic E-state index is 12.4. The van der Waals surface area contributed by atoms with E-state index in [1.165, 1.54) is 16.1 Å². The van der Waals surface area contributed by atoms with Gasteiger partial charge >= 0.3 is 0 Å². The van der Waals surface area contributed by atoms with Crippen molar-refractivity contribution in [3.63, 3.8) is 0 Å². The van der Waals surface area contributed by atoms with Crippen molar-refractivity contribution in [1.82, 2.24) is 9.62 Å². The Bertz CT molecular complexity index is 625. The Morgan fingerprint density at radius 3 is 2.55 bits per heavy atom. The van der Waals surface area contributed by atoms with E-state index in [0.29, 0.717) is 6.54 Å². The summed E-state index contributed by atoms with van der Waals surface area (Å²) in [6, 6.07) is 7.96. The van der Waals surface area contributed by atoms with E-state index in [0.717, 1.165) is 18.4 Å². The van der Waals surface area contributed by atoms with Gasteiger partial charge in [-0.1, -0.05) is 29.8 Å². The molecule has 6 heteroatoms. The third kappa shape index (κ3) is 4.30. The normalized spacial score (nSPS) is 21.3. The Hall–Kier alpha value is -1.40. The summed E-state index contributed by atoms with van der Waals surface area (Å²) >= 11 is 0. The predicted molar refractivity (Wildman–Crippen MR) is 86.9 cm³/mol. The Morgan fingerprint density at radius 1 is 1.32 bits per heavy atom. The number of nitrogens with zero attached hydrogens (tertiary/aromatic N) is 1. The highest BCUT2D eigenvalue weighted by atomic mass is 32.2. The second-order valence-electron chi connectivity index (χ2n) is 6.10. The van der Waals surface area contributed by atoms with Gasteiger partial charge in [-0.3, -0.25) is 4.79 Å². The lowest BCUT2D eigenvalue weighted by atomic mass is 9.97. The minimum absolute atomic E-state index is 0.0681. The van der Waals surface area contributed by atoms with Crippen LogP contribution in [0.3, 0.4) is 0 Å². The summed E-state index contributed by atoms with van der Waals surface area (Å²) in [6.45, 7) is 4.76.